The second kappa shape index (κ2) is 8.04. The minimum atomic E-state index is -0.511. The maximum absolute atomic E-state index is 11.7. The highest BCUT2D eigenvalue weighted by molar-refractivity contribution is 5.84. The van der Waals surface area contributed by atoms with Crippen molar-refractivity contribution in [2.45, 2.75) is 58.1 Å². The van der Waals surface area contributed by atoms with Crippen LogP contribution in [0.5, 0.6) is 0 Å². The molecular formula is C18H27N3O3. The van der Waals surface area contributed by atoms with Gasteiger partial charge in [-0.1, -0.05) is 12.1 Å². The summed E-state index contributed by atoms with van der Waals surface area (Å²) < 4.78 is 5.21. The van der Waals surface area contributed by atoms with E-state index in [2.05, 4.69) is 16.0 Å². The lowest BCUT2D eigenvalue weighted by atomic mass is 10.1. The van der Waals surface area contributed by atoms with Crippen LogP contribution in [0.15, 0.2) is 24.3 Å². The number of amides is 3. The lowest BCUT2D eigenvalue weighted by Crippen LogP contribution is -2.37. The molecule has 3 N–H and O–H groups in total. The van der Waals surface area contributed by atoms with Crippen molar-refractivity contribution in [2.75, 3.05) is 11.9 Å². The van der Waals surface area contributed by atoms with Gasteiger partial charge in [0.1, 0.15) is 5.60 Å². The highest BCUT2D eigenvalue weighted by atomic mass is 16.6. The van der Waals surface area contributed by atoms with Crippen molar-refractivity contribution in [3.05, 3.63) is 29.8 Å². The van der Waals surface area contributed by atoms with Crippen LogP contribution in [0.4, 0.5) is 15.3 Å². The number of hydrogen-bond acceptors (Lipinski definition) is 3. The Bertz CT molecular complexity index is 560. The van der Waals surface area contributed by atoms with Crippen LogP contribution >= 0.6 is 0 Å². The molecule has 3 amide bonds. The van der Waals surface area contributed by atoms with Gasteiger partial charge in [-0.25, -0.2) is 9.59 Å². The molecule has 0 bridgehead atoms. The molecule has 0 atom stereocenters. The summed E-state index contributed by atoms with van der Waals surface area (Å²) in [6.45, 7) is 6.13. The van der Waals surface area contributed by atoms with E-state index in [0.29, 0.717) is 18.3 Å². The SMILES string of the molecule is CC(C)(C)OC(=O)Nc1ccc(CCCNC(=O)NC2CC2)cc1. The predicted molar refractivity (Wildman–Crippen MR) is 94.2 cm³/mol. The summed E-state index contributed by atoms with van der Waals surface area (Å²) in [6, 6.07) is 7.96. The molecule has 6 nitrogen and oxygen atoms in total. The van der Waals surface area contributed by atoms with E-state index in [1.165, 1.54) is 0 Å². The molecule has 0 radical (unpaired) electrons. The Kier molecular flexibility index (Phi) is 6.06. The first kappa shape index (κ1) is 18.1. The van der Waals surface area contributed by atoms with E-state index in [9.17, 15) is 9.59 Å². The minimum Gasteiger partial charge on any atom is -0.444 e. The second-order valence-corrected chi connectivity index (χ2v) is 7.10. The topological polar surface area (TPSA) is 79.5 Å². The average Bonchev–Trinajstić information content (AvgIpc) is 3.27. The zero-order valence-corrected chi connectivity index (χ0v) is 14.6. The summed E-state index contributed by atoms with van der Waals surface area (Å²) in [7, 11) is 0. The molecule has 6 heteroatoms. The second-order valence-electron chi connectivity index (χ2n) is 7.10. The van der Waals surface area contributed by atoms with Crippen LogP contribution in [0.1, 0.15) is 45.6 Å². The zero-order chi connectivity index (χ0) is 17.6. The first-order valence-electron chi connectivity index (χ1n) is 8.45. The Morgan fingerprint density at radius 1 is 1.17 bits per heavy atom. The minimum absolute atomic E-state index is 0.0746. The Balaban J connectivity index is 1.65. The first-order valence-corrected chi connectivity index (χ1v) is 8.45. The molecule has 0 aromatic heterocycles. The van der Waals surface area contributed by atoms with E-state index in [0.717, 1.165) is 31.2 Å². The van der Waals surface area contributed by atoms with Crippen molar-refractivity contribution in [1.82, 2.24) is 10.6 Å². The van der Waals surface area contributed by atoms with Gasteiger partial charge in [0.2, 0.25) is 0 Å². The van der Waals surface area contributed by atoms with Gasteiger partial charge in [-0.15, -0.1) is 0 Å². The van der Waals surface area contributed by atoms with Gasteiger partial charge in [-0.05, 0) is 64.2 Å². The summed E-state index contributed by atoms with van der Waals surface area (Å²) in [5, 5.41) is 8.46. The smallest absolute Gasteiger partial charge is 0.412 e. The lowest BCUT2D eigenvalue weighted by molar-refractivity contribution is 0.0636. The fourth-order valence-electron chi connectivity index (χ4n) is 2.13. The Morgan fingerprint density at radius 3 is 2.42 bits per heavy atom. The molecule has 132 valence electrons. The zero-order valence-electron chi connectivity index (χ0n) is 14.6. The van der Waals surface area contributed by atoms with Gasteiger partial charge in [0.15, 0.2) is 0 Å². The quantitative estimate of drug-likeness (QED) is 0.698. The van der Waals surface area contributed by atoms with Crippen LogP contribution in [0.25, 0.3) is 0 Å². The molecule has 1 aliphatic carbocycles. The van der Waals surface area contributed by atoms with Crippen LogP contribution in [0.3, 0.4) is 0 Å². The van der Waals surface area contributed by atoms with Crippen LogP contribution in [-0.2, 0) is 11.2 Å². The summed E-state index contributed by atoms with van der Waals surface area (Å²) >= 11 is 0. The largest absolute Gasteiger partial charge is 0.444 e. The molecule has 2 rings (SSSR count). The molecule has 1 fully saturated rings. The van der Waals surface area contributed by atoms with Crippen LogP contribution in [0, 0.1) is 0 Å². The summed E-state index contributed by atoms with van der Waals surface area (Å²) in [5.41, 5.74) is 1.35. The molecule has 0 aliphatic heterocycles. The molecule has 0 spiro atoms. The number of aryl methyl sites for hydroxylation is 1. The van der Waals surface area contributed by atoms with E-state index in [4.69, 9.17) is 4.74 Å². The highest BCUT2D eigenvalue weighted by Gasteiger charge is 2.22. The van der Waals surface area contributed by atoms with Gasteiger partial charge in [-0.2, -0.15) is 0 Å². The average molecular weight is 333 g/mol. The first-order chi connectivity index (χ1) is 11.3. The standard InChI is InChI=1S/C18H27N3O3/c1-18(2,3)24-17(23)21-15-8-6-13(7-9-15)5-4-12-19-16(22)20-14-10-11-14/h6-9,14H,4-5,10-12H2,1-3H3,(H,21,23)(H2,19,20,22). The van der Waals surface area contributed by atoms with Crippen molar-refractivity contribution in [1.29, 1.82) is 0 Å². The normalized spacial score (nSPS) is 14.0. The Hall–Kier alpha value is -2.24. The molecular weight excluding hydrogens is 306 g/mol. The highest BCUT2D eigenvalue weighted by Crippen LogP contribution is 2.18. The monoisotopic (exact) mass is 333 g/mol. The van der Waals surface area contributed by atoms with Crippen molar-refractivity contribution >= 4 is 17.8 Å². The molecule has 24 heavy (non-hydrogen) atoms. The number of nitrogens with one attached hydrogen (secondary N) is 3. The van der Waals surface area contributed by atoms with E-state index < -0.39 is 11.7 Å². The number of carbonyl (C=O) groups is 2. The van der Waals surface area contributed by atoms with Crippen molar-refractivity contribution in [3.63, 3.8) is 0 Å². The van der Waals surface area contributed by atoms with Crippen LogP contribution in [0.2, 0.25) is 0 Å². The third-order valence-electron chi connectivity index (χ3n) is 3.44. The maximum atomic E-state index is 11.7. The van der Waals surface area contributed by atoms with E-state index >= 15 is 0 Å². The van der Waals surface area contributed by atoms with Gasteiger partial charge in [0.25, 0.3) is 0 Å². The number of anilines is 1. The lowest BCUT2D eigenvalue weighted by Gasteiger charge is -2.19. The van der Waals surface area contributed by atoms with Crippen molar-refractivity contribution in [2.24, 2.45) is 0 Å². The number of urea groups is 1. The molecule has 0 unspecified atom stereocenters. The van der Waals surface area contributed by atoms with Crippen molar-refractivity contribution < 1.29 is 14.3 Å². The van der Waals surface area contributed by atoms with E-state index in [1.54, 1.807) is 0 Å². The molecule has 0 saturated heterocycles. The summed E-state index contributed by atoms with van der Waals surface area (Å²) in [4.78, 5) is 23.2. The van der Waals surface area contributed by atoms with Gasteiger partial charge < -0.3 is 15.4 Å². The fourth-order valence-corrected chi connectivity index (χ4v) is 2.13. The molecule has 1 aliphatic rings. The predicted octanol–water partition coefficient (Wildman–Crippen LogP) is 3.43. The van der Waals surface area contributed by atoms with Crippen LogP contribution < -0.4 is 16.0 Å². The number of hydrogen-bond donors (Lipinski definition) is 3. The van der Waals surface area contributed by atoms with Gasteiger partial charge in [-0.3, -0.25) is 5.32 Å². The number of benzene rings is 1. The molecule has 1 aromatic carbocycles. The number of rotatable bonds is 6. The maximum Gasteiger partial charge on any atom is 0.412 e. The van der Waals surface area contributed by atoms with Crippen molar-refractivity contribution in [3.8, 4) is 0 Å². The van der Waals surface area contributed by atoms with E-state index in [1.807, 2.05) is 45.0 Å². The third-order valence-corrected chi connectivity index (χ3v) is 3.44. The van der Waals surface area contributed by atoms with E-state index in [-0.39, 0.29) is 6.03 Å². The number of ether oxygens (including phenoxy) is 1. The van der Waals surface area contributed by atoms with Gasteiger partial charge >= 0.3 is 12.1 Å². The Morgan fingerprint density at radius 2 is 1.83 bits per heavy atom. The van der Waals surface area contributed by atoms with Gasteiger partial charge in [0, 0.05) is 18.3 Å². The molecule has 0 heterocycles. The third kappa shape index (κ3) is 7.35. The Labute approximate surface area is 143 Å². The summed E-state index contributed by atoms with van der Waals surface area (Å²) in [6.07, 6.45) is 3.47. The van der Waals surface area contributed by atoms with Crippen LogP contribution in [-0.4, -0.2) is 30.3 Å². The molecule has 1 saturated carbocycles. The summed E-state index contributed by atoms with van der Waals surface area (Å²) in [5.74, 6) is 0. The fraction of sp³-hybridized carbons (Fsp3) is 0.556. The number of carbonyl (C=O) groups excluding carboxylic acids is 2. The van der Waals surface area contributed by atoms with Gasteiger partial charge in [0.05, 0.1) is 0 Å². The molecule has 1 aromatic rings.